The van der Waals surface area contributed by atoms with Gasteiger partial charge in [0, 0.05) is 0 Å². The van der Waals surface area contributed by atoms with Crippen LogP contribution in [-0.2, 0) is 0 Å². The first-order valence-electron chi connectivity index (χ1n) is 3.50. The van der Waals surface area contributed by atoms with E-state index >= 15 is 0 Å². The van der Waals surface area contributed by atoms with E-state index in [1.54, 1.807) is 0 Å². The molecule has 0 fully saturated rings. The van der Waals surface area contributed by atoms with Gasteiger partial charge in [0.15, 0.2) is 4.47 Å². The third kappa shape index (κ3) is 1.80. The van der Waals surface area contributed by atoms with Gasteiger partial charge in [0.05, 0.1) is 9.85 Å². The fraction of sp³-hybridized carbons (Fsp3) is 0. The molecule has 2 N–H and O–H groups in total. The molecule has 0 saturated heterocycles. The predicted octanol–water partition coefficient (Wildman–Crippen LogP) is 2.44. The van der Waals surface area contributed by atoms with Gasteiger partial charge < -0.3 is 10.2 Å². The van der Waals surface area contributed by atoms with Crippen molar-refractivity contribution in [3.05, 3.63) is 29.2 Å². The second-order valence-electron chi connectivity index (χ2n) is 2.54. The maximum Gasteiger partial charge on any atom is 0.333 e. The summed E-state index contributed by atoms with van der Waals surface area (Å²) in [6.45, 7) is 0. The molecule has 16 heavy (non-hydrogen) atoms. The number of rotatable bonds is 2. The molecular formula is C6H2Br2N2O6. The Kier molecular flexibility index (Phi) is 3.33. The molecule has 0 aromatic heterocycles. The number of halogens is 2. The molecule has 0 aliphatic rings. The van der Waals surface area contributed by atoms with Gasteiger partial charge in [0.1, 0.15) is 4.47 Å². The molecule has 86 valence electrons. The van der Waals surface area contributed by atoms with Crippen LogP contribution in [0.5, 0.6) is 11.5 Å². The van der Waals surface area contributed by atoms with Crippen LogP contribution in [0.15, 0.2) is 8.95 Å². The maximum atomic E-state index is 10.6. The third-order valence-electron chi connectivity index (χ3n) is 1.65. The molecule has 1 aromatic carbocycles. The van der Waals surface area contributed by atoms with Crippen molar-refractivity contribution in [2.24, 2.45) is 0 Å². The number of aromatic hydroxyl groups is 2. The molecule has 1 aromatic rings. The van der Waals surface area contributed by atoms with Gasteiger partial charge >= 0.3 is 11.4 Å². The molecule has 0 aliphatic carbocycles. The van der Waals surface area contributed by atoms with Crippen molar-refractivity contribution in [3.63, 3.8) is 0 Å². The van der Waals surface area contributed by atoms with Crippen molar-refractivity contribution in [2.75, 3.05) is 0 Å². The quantitative estimate of drug-likeness (QED) is 0.618. The Morgan fingerprint density at radius 2 is 1.19 bits per heavy atom. The molecule has 0 radical (unpaired) electrons. The fourth-order valence-electron chi connectivity index (χ4n) is 0.973. The summed E-state index contributed by atoms with van der Waals surface area (Å²) >= 11 is 5.22. The highest BCUT2D eigenvalue weighted by atomic mass is 79.9. The molecule has 0 spiro atoms. The van der Waals surface area contributed by atoms with Crippen LogP contribution in [0.3, 0.4) is 0 Å². The number of phenols is 2. The van der Waals surface area contributed by atoms with Gasteiger partial charge in [0.2, 0.25) is 11.5 Å². The van der Waals surface area contributed by atoms with Gasteiger partial charge in [-0.3, -0.25) is 20.2 Å². The molecule has 10 heteroatoms. The van der Waals surface area contributed by atoms with Gasteiger partial charge in [0.25, 0.3) is 0 Å². The SMILES string of the molecule is O=[N+]([O-])c1c(O)c(Br)c(O)c([N+](=O)[O-])c1Br. The first kappa shape index (κ1) is 12.6. The number of nitro benzene ring substituents is 2. The highest BCUT2D eigenvalue weighted by Crippen LogP contribution is 2.51. The lowest BCUT2D eigenvalue weighted by atomic mass is 10.2. The van der Waals surface area contributed by atoms with Crippen LogP contribution in [0, 0.1) is 20.2 Å². The smallest absolute Gasteiger partial charge is 0.333 e. The van der Waals surface area contributed by atoms with E-state index in [0.717, 1.165) is 0 Å². The molecule has 0 saturated carbocycles. The summed E-state index contributed by atoms with van der Waals surface area (Å²) in [5.74, 6) is -1.78. The van der Waals surface area contributed by atoms with E-state index in [-0.39, 0.29) is 0 Å². The zero-order valence-electron chi connectivity index (χ0n) is 7.18. The van der Waals surface area contributed by atoms with Crippen LogP contribution in [0.25, 0.3) is 0 Å². The fourth-order valence-corrected chi connectivity index (χ4v) is 2.01. The topological polar surface area (TPSA) is 127 Å². The van der Waals surface area contributed by atoms with E-state index in [1.165, 1.54) is 0 Å². The van der Waals surface area contributed by atoms with E-state index in [2.05, 4.69) is 31.9 Å². The van der Waals surface area contributed by atoms with Gasteiger partial charge in [-0.15, -0.1) is 0 Å². The molecule has 0 unspecified atom stereocenters. The molecular weight excluding hydrogens is 356 g/mol. The monoisotopic (exact) mass is 356 g/mol. The van der Waals surface area contributed by atoms with Crippen molar-refractivity contribution in [2.45, 2.75) is 0 Å². The maximum absolute atomic E-state index is 10.6. The van der Waals surface area contributed by atoms with Crippen molar-refractivity contribution in [1.29, 1.82) is 0 Å². The molecule has 0 atom stereocenters. The Morgan fingerprint density at radius 1 is 0.875 bits per heavy atom. The molecule has 0 amide bonds. The standard InChI is InChI=1S/C6H2Br2N2O6/c7-1-3(9(13)14)5(11)2(8)6(12)4(1)10(15)16/h11-12H. The summed E-state index contributed by atoms with van der Waals surface area (Å²) in [5.41, 5.74) is -1.78. The highest BCUT2D eigenvalue weighted by Gasteiger charge is 2.35. The molecule has 0 heterocycles. The van der Waals surface area contributed by atoms with Gasteiger partial charge in [-0.2, -0.15) is 0 Å². The molecule has 0 bridgehead atoms. The lowest BCUT2D eigenvalue weighted by Crippen LogP contribution is -1.97. The van der Waals surface area contributed by atoms with Crippen LogP contribution < -0.4 is 0 Å². The van der Waals surface area contributed by atoms with Crippen LogP contribution in [0.1, 0.15) is 0 Å². The van der Waals surface area contributed by atoms with Crippen molar-refractivity contribution < 1.29 is 20.1 Å². The lowest BCUT2D eigenvalue weighted by Gasteiger charge is -2.04. The van der Waals surface area contributed by atoms with Crippen molar-refractivity contribution in [1.82, 2.24) is 0 Å². The number of benzene rings is 1. The number of phenolic OH excluding ortho intramolecular Hbond substituents is 2. The zero-order valence-corrected chi connectivity index (χ0v) is 10.3. The van der Waals surface area contributed by atoms with Crippen LogP contribution in [-0.4, -0.2) is 20.1 Å². The van der Waals surface area contributed by atoms with Crippen LogP contribution >= 0.6 is 31.9 Å². The summed E-state index contributed by atoms with van der Waals surface area (Å²) in [6, 6.07) is 0. The van der Waals surface area contributed by atoms with Crippen molar-refractivity contribution in [3.8, 4) is 11.5 Å². The lowest BCUT2D eigenvalue weighted by molar-refractivity contribution is -0.397. The minimum absolute atomic E-state index is 0.505. The van der Waals surface area contributed by atoms with Gasteiger partial charge in [-0.05, 0) is 31.9 Å². The summed E-state index contributed by atoms with van der Waals surface area (Å²) < 4.78 is -1.10. The summed E-state index contributed by atoms with van der Waals surface area (Å²) in [5, 5.41) is 39.8. The largest absolute Gasteiger partial charge is 0.501 e. The minimum Gasteiger partial charge on any atom is -0.501 e. The van der Waals surface area contributed by atoms with Crippen molar-refractivity contribution >= 4 is 43.2 Å². The highest BCUT2D eigenvalue weighted by molar-refractivity contribution is 9.11. The van der Waals surface area contributed by atoms with Crippen LogP contribution in [0.2, 0.25) is 0 Å². The Balaban J connectivity index is 3.80. The number of hydrogen-bond donors (Lipinski definition) is 2. The summed E-state index contributed by atoms with van der Waals surface area (Å²) in [6.07, 6.45) is 0. The average Bonchev–Trinajstić information content (AvgIpc) is 2.13. The predicted molar refractivity (Wildman–Crippen MR) is 58.5 cm³/mol. The number of nitro groups is 2. The first-order chi connectivity index (χ1) is 7.29. The van der Waals surface area contributed by atoms with E-state index in [4.69, 9.17) is 0 Å². The number of hydrogen-bond acceptors (Lipinski definition) is 6. The summed E-state index contributed by atoms with van der Waals surface area (Å²) in [7, 11) is 0. The minimum atomic E-state index is -1.00. The van der Waals surface area contributed by atoms with E-state index in [0.29, 0.717) is 0 Å². The van der Waals surface area contributed by atoms with E-state index < -0.39 is 41.7 Å². The average molecular weight is 358 g/mol. The Labute approximate surface area is 104 Å². The van der Waals surface area contributed by atoms with E-state index in [9.17, 15) is 30.4 Å². The Morgan fingerprint density at radius 3 is 1.44 bits per heavy atom. The Hall–Kier alpha value is -1.42. The second kappa shape index (κ2) is 4.22. The molecule has 1 rings (SSSR count). The van der Waals surface area contributed by atoms with Gasteiger partial charge in [-0.25, -0.2) is 0 Å². The Bertz CT molecular complexity index is 461. The summed E-state index contributed by atoms with van der Waals surface area (Å²) in [4.78, 5) is 19.1. The first-order valence-corrected chi connectivity index (χ1v) is 5.09. The van der Waals surface area contributed by atoms with E-state index in [1.807, 2.05) is 0 Å². The second-order valence-corrected chi connectivity index (χ2v) is 4.12. The zero-order chi connectivity index (χ0) is 12.6. The number of nitrogens with zero attached hydrogens (tertiary/aromatic N) is 2. The molecule has 0 aliphatic heterocycles. The van der Waals surface area contributed by atoms with Crippen LogP contribution in [0.4, 0.5) is 11.4 Å². The van der Waals surface area contributed by atoms with Gasteiger partial charge in [-0.1, -0.05) is 0 Å². The molecule has 8 nitrogen and oxygen atoms in total. The third-order valence-corrected chi connectivity index (χ3v) is 3.15. The normalized spacial score (nSPS) is 10.1.